The van der Waals surface area contributed by atoms with E-state index < -0.39 is 54.4 Å². The summed E-state index contributed by atoms with van der Waals surface area (Å²) < 4.78 is 37.5. The van der Waals surface area contributed by atoms with Gasteiger partial charge in [-0.1, -0.05) is 24.3 Å². The van der Waals surface area contributed by atoms with Crippen molar-refractivity contribution in [3.05, 3.63) is 40.6 Å². The summed E-state index contributed by atoms with van der Waals surface area (Å²) in [5, 5.41) is 40.0. The first kappa shape index (κ1) is 20.1. The molecule has 0 saturated carbocycles. The third-order valence-electron chi connectivity index (χ3n) is 3.43. The molecule has 0 unspecified atom stereocenters. The molecule has 0 amide bonds. The largest absolute Gasteiger partial charge is 1.00 e. The van der Waals surface area contributed by atoms with Gasteiger partial charge in [-0.25, -0.2) is 0 Å². The molecule has 0 radical (unpaired) electrons. The Morgan fingerprint density at radius 2 is 1.58 bits per heavy atom. The summed E-state index contributed by atoms with van der Waals surface area (Å²) in [4.78, 5) is 11.2. The van der Waals surface area contributed by atoms with Gasteiger partial charge in [0.15, 0.2) is 16.2 Å². The second-order valence-electron chi connectivity index (χ2n) is 5.06. The van der Waals surface area contributed by atoms with Crippen LogP contribution in [0.2, 0.25) is 0 Å². The third-order valence-corrected chi connectivity index (χ3v) is 4.34. The Morgan fingerprint density at radius 3 is 2.12 bits per heavy atom. The maximum absolute atomic E-state index is 12.3. The van der Waals surface area contributed by atoms with Gasteiger partial charge in [0, 0.05) is 11.6 Å². The van der Waals surface area contributed by atoms with Crippen LogP contribution in [0.15, 0.2) is 44.4 Å². The van der Waals surface area contributed by atoms with Crippen LogP contribution in [0.5, 0.6) is 23.0 Å². The number of aromatic hydroxyl groups is 3. The van der Waals surface area contributed by atoms with Gasteiger partial charge in [0.05, 0.1) is 0 Å². The molecular weight excluding hydrogens is 379 g/mol. The van der Waals surface area contributed by atoms with Crippen LogP contribution >= 0.6 is 0 Å². The van der Waals surface area contributed by atoms with Crippen molar-refractivity contribution in [2.24, 2.45) is 0 Å². The van der Waals surface area contributed by atoms with Crippen LogP contribution < -0.4 is 40.1 Å². The van der Waals surface area contributed by atoms with Crippen molar-refractivity contribution in [3.63, 3.8) is 0 Å². The van der Waals surface area contributed by atoms with Gasteiger partial charge in [-0.15, -0.1) is 5.75 Å². The Hall–Kier alpha value is -2.24. The van der Waals surface area contributed by atoms with E-state index in [-0.39, 0.29) is 40.9 Å². The van der Waals surface area contributed by atoms with Crippen LogP contribution in [0.3, 0.4) is 0 Å². The zero-order valence-corrected chi connectivity index (χ0v) is 15.9. The number of rotatable bonds is 2. The average molecular weight is 388 g/mol. The summed E-state index contributed by atoms with van der Waals surface area (Å²) >= 11 is 0. The van der Waals surface area contributed by atoms with Crippen molar-refractivity contribution < 1.29 is 67.4 Å². The number of phenolic OH excluding ortho intramolecular Hbond substituents is 2. The van der Waals surface area contributed by atoms with Crippen molar-refractivity contribution in [3.8, 4) is 34.3 Å². The topological polar surface area (TPSA) is 168 Å². The summed E-state index contributed by atoms with van der Waals surface area (Å²) in [6, 6.07) is 5.17. The molecule has 0 spiro atoms. The normalized spacial score (nSPS) is 11.3. The maximum Gasteiger partial charge on any atom is 1.00 e. The van der Waals surface area contributed by atoms with E-state index >= 15 is 0 Å². The van der Waals surface area contributed by atoms with Crippen molar-refractivity contribution >= 4 is 21.1 Å². The predicted molar refractivity (Wildman–Crippen MR) is 82.2 cm³/mol. The Kier molecular flexibility index (Phi) is 5.26. The van der Waals surface area contributed by atoms with Gasteiger partial charge >= 0.3 is 39.7 Å². The van der Waals surface area contributed by atoms with Crippen molar-refractivity contribution in [1.82, 2.24) is 0 Å². The van der Waals surface area contributed by atoms with Gasteiger partial charge in [-0.05, 0) is 0 Å². The van der Waals surface area contributed by atoms with Crippen molar-refractivity contribution in [2.75, 3.05) is 0 Å². The van der Waals surface area contributed by atoms with E-state index in [2.05, 4.69) is 0 Å². The molecule has 130 valence electrons. The summed E-state index contributed by atoms with van der Waals surface area (Å²) in [5.41, 5.74) is -1.98. The molecule has 1 aromatic heterocycles. The molecule has 4 N–H and O–H groups in total. The van der Waals surface area contributed by atoms with E-state index in [4.69, 9.17) is 4.42 Å². The fourth-order valence-corrected chi connectivity index (χ4v) is 3.05. The molecule has 0 saturated heterocycles. The number of benzene rings is 2. The minimum Gasteiger partial charge on any atom is -0.872 e. The minimum absolute atomic E-state index is 0. The molecule has 9 nitrogen and oxygen atoms in total. The standard InChI is InChI=1S/C15H10O9S.Na/c16-7-3-1-6(2-4-7)13-12(20)11(19)10-8(17)5-9(18)15(14(10)24-13)25(21,22)23;/h1-5,16-18,20H,(H,21,22,23);/q;+1/p-1. The van der Waals surface area contributed by atoms with E-state index in [0.717, 1.165) is 12.1 Å². The first-order valence-corrected chi connectivity index (χ1v) is 8.05. The second kappa shape index (κ2) is 6.82. The van der Waals surface area contributed by atoms with Gasteiger partial charge < -0.3 is 24.8 Å². The van der Waals surface area contributed by atoms with Crippen LogP contribution in [-0.4, -0.2) is 28.3 Å². The molecule has 26 heavy (non-hydrogen) atoms. The summed E-state index contributed by atoms with van der Waals surface area (Å²) in [6.07, 6.45) is 0. The van der Waals surface area contributed by atoms with Gasteiger partial charge in [0.25, 0.3) is 0 Å². The average Bonchev–Trinajstić information content (AvgIpc) is 2.49. The van der Waals surface area contributed by atoms with Gasteiger partial charge in [-0.2, -0.15) is 8.42 Å². The number of phenols is 2. The van der Waals surface area contributed by atoms with E-state index in [1.165, 1.54) is 12.1 Å². The van der Waals surface area contributed by atoms with Crippen LogP contribution in [0.25, 0.3) is 22.3 Å². The van der Waals surface area contributed by atoms with Gasteiger partial charge in [0.1, 0.15) is 16.9 Å². The molecule has 0 aliphatic heterocycles. The minimum atomic E-state index is -5.04. The van der Waals surface area contributed by atoms with Crippen molar-refractivity contribution in [1.29, 1.82) is 0 Å². The molecule has 3 aromatic rings. The number of hydrogen-bond donors (Lipinski definition) is 4. The zero-order chi connectivity index (χ0) is 18.5. The van der Waals surface area contributed by atoms with Crippen LogP contribution in [-0.2, 0) is 10.1 Å². The first-order chi connectivity index (χ1) is 11.6. The van der Waals surface area contributed by atoms with E-state index in [1.807, 2.05) is 0 Å². The smallest absolute Gasteiger partial charge is 0.872 e. The fourth-order valence-electron chi connectivity index (χ4n) is 2.35. The quantitative estimate of drug-likeness (QED) is 0.284. The number of hydrogen-bond acceptors (Lipinski definition) is 8. The molecule has 0 fully saturated rings. The van der Waals surface area contributed by atoms with Crippen molar-refractivity contribution in [2.45, 2.75) is 4.90 Å². The Morgan fingerprint density at radius 1 is 1.00 bits per heavy atom. The summed E-state index contributed by atoms with van der Waals surface area (Å²) in [6.45, 7) is 0. The zero-order valence-electron chi connectivity index (χ0n) is 13.1. The molecule has 11 heteroatoms. The van der Waals surface area contributed by atoms with E-state index in [9.17, 15) is 38.2 Å². The van der Waals surface area contributed by atoms with Crippen LogP contribution in [0, 0.1) is 0 Å². The molecule has 3 rings (SSSR count). The van der Waals surface area contributed by atoms with Gasteiger partial charge in [0.2, 0.25) is 11.2 Å². The Labute approximate surface area is 167 Å². The Balaban J connectivity index is 0.00000243. The van der Waals surface area contributed by atoms with Crippen LogP contribution in [0.4, 0.5) is 0 Å². The summed E-state index contributed by atoms with van der Waals surface area (Å²) in [5.74, 6) is -3.73. The Bertz CT molecular complexity index is 1160. The number of fused-ring (bicyclic) bond motifs is 1. The third kappa shape index (κ3) is 3.24. The monoisotopic (exact) mass is 388 g/mol. The predicted octanol–water partition coefficient (Wildman–Crippen LogP) is -2.10. The van der Waals surface area contributed by atoms with Gasteiger partial charge in [-0.3, -0.25) is 9.35 Å². The SMILES string of the molecule is O=c1c(O)c(-c2ccc([O-])cc2)oc2c(S(=O)(=O)O)c(O)cc(O)c12.[Na+]. The van der Waals surface area contributed by atoms with Crippen LogP contribution in [0.1, 0.15) is 0 Å². The first-order valence-electron chi connectivity index (χ1n) is 6.61. The second-order valence-corrected chi connectivity index (χ2v) is 6.41. The molecule has 2 aromatic carbocycles. The fraction of sp³-hybridized carbons (Fsp3) is 0. The van der Waals surface area contributed by atoms with E-state index in [0.29, 0.717) is 6.07 Å². The summed E-state index contributed by atoms with van der Waals surface area (Å²) in [7, 11) is -5.04. The molecular formula is C15H9NaO9S. The molecule has 0 aliphatic rings. The molecule has 0 bridgehead atoms. The maximum atomic E-state index is 12.3. The molecule has 0 atom stereocenters. The van der Waals surface area contributed by atoms with E-state index in [1.54, 1.807) is 0 Å². The molecule has 0 aliphatic carbocycles. The molecule has 1 heterocycles.